The highest BCUT2D eigenvalue weighted by Gasteiger charge is 2.17. The third-order valence-corrected chi connectivity index (χ3v) is 3.36. The van der Waals surface area contributed by atoms with Crippen LogP contribution in [0.3, 0.4) is 0 Å². The third kappa shape index (κ3) is 2.99. The zero-order valence-electron chi connectivity index (χ0n) is 12.6. The van der Waals surface area contributed by atoms with Crippen LogP contribution >= 0.6 is 0 Å². The SMILES string of the molecule is CC(C)CCn1c(NCCN)nc2c1c(=O)[nH]c(=O)n2C. The average molecular weight is 294 g/mol. The minimum atomic E-state index is -0.466. The predicted octanol–water partition coefficient (Wildman–Crippen LogP) is -0.160. The largest absolute Gasteiger partial charge is 0.354 e. The molecule has 2 heterocycles. The van der Waals surface area contributed by atoms with Gasteiger partial charge in [0.05, 0.1) is 0 Å². The molecule has 0 radical (unpaired) electrons. The Morgan fingerprint density at radius 3 is 2.71 bits per heavy atom. The molecule has 0 unspecified atom stereocenters. The van der Waals surface area contributed by atoms with Crippen molar-refractivity contribution in [3.63, 3.8) is 0 Å². The van der Waals surface area contributed by atoms with Crippen molar-refractivity contribution in [2.75, 3.05) is 18.4 Å². The summed E-state index contributed by atoms with van der Waals surface area (Å²) in [6, 6.07) is 0. The van der Waals surface area contributed by atoms with Gasteiger partial charge >= 0.3 is 5.69 Å². The Bertz CT molecular complexity index is 739. The molecule has 0 saturated heterocycles. The van der Waals surface area contributed by atoms with Crippen LogP contribution in [0.15, 0.2) is 9.59 Å². The fourth-order valence-electron chi connectivity index (χ4n) is 2.16. The van der Waals surface area contributed by atoms with E-state index >= 15 is 0 Å². The molecule has 0 aromatic carbocycles. The molecule has 8 heteroatoms. The lowest BCUT2D eigenvalue weighted by Gasteiger charge is -2.11. The quantitative estimate of drug-likeness (QED) is 0.685. The van der Waals surface area contributed by atoms with E-state index in [1.165, 1.54) is 4.57 Å². The maximum atomic E-state index is 12.1. The molecule has 0 bridgehead atoms. The van der Waals surface area contributed by atoms with Crippen molar-refractivity contribution < 1.29 is 0 Å². The van der Waals surface area contributed by atoms with Crippen LogP contribution in [0.2, 0.25) is 0 Å². The van der Waals surface area contributed by atoms with Gasteiger partial charge in [-0.3, -0.25) is 14.3 Å². The second-order valence-corrected chi connectivity index (χ2v) is 5.48. The van der Waals surface area contributed by atoms with E-state index in [0.29, 0.717) is 42.7 Å². The Balaban J connectivity index is 2.62. The number of H-pyrrole nitrogens is 1. The Morgan fingerprint density at radius 1 is 1.38 bits per heavy atom. The summed E-state index contributed by atoms with van der Waals surface area (Å²) in [6.07, 6.45) is 0.908. The van der Waals surface area contributed by atoms with Crippen LogP contribution in [-0.2, 0) is 13.6 Å². The highest BCUT2D eigenvalue weighted by Crippen LogP contribution is 2.17. The van der Waals surface area contributed by atoms with Gasteiger partial charge in [0.15, 0.2) is 11.2 Å². The van der Waals surface area contributed by atoms with E-state index in [9.17, 15) is 9.59 Å². The number of hydrogen-bond donors (Lipinski definition) is 3. The first-order chi connectivity index (χ1) is 9.95. The number of imidazole rings is 1. The maximum Gasteiger partial charge on any atom is 0.329 e. The highest BCUT2D eigenvalue weighted by atomic mass is 16.2. The van der Waals surface area contributed by atoms with Crippen LogP contribution in [0, 0.1) is 5.92 Å². The van der Waals surface area contributed by atoms with Crippen LogP contribution < -0.4 is 22.3 Å². The molecule has 0 spiro atoms. The monoisotopic (exact) mass is 294 g/mol. The number of aromatic nitrogens is 4. The summed E-state index contributed by atoms with van der Waals surface area (Å²) < 4.78 is 3.17. The van der Waals surface area contributed by atoms with Gasteiger partial charge in [-0.1, -0.05) is 13.8 Å². The van der Waals surface area contributed by atoms with Crippen LogP contribution in [0.5, 0.6) is 0 Å². The molecule has 0 atom stereocenters. The Hall–Kier alpha value is -2.09. The number of rotatable bonds is 6. The van der Waals surface area contributed by atoms with Gasteiger partial charge in [-0.25, -0.2) is 4.79 Å². The van der Waals surface area contributed by atoms with Gasteiger partial charge in [-0.05, 0) is 12.3 Å². The van der Waals surface area contributed by atoms with Gasteiger partial charge in [-0.2, -0.15) is 4.98 Å². The molecular weight excluding hydrogens is 272 g/mol. The van der Waals surface area contributed by atoms with Gasteiger partial charge in [0.2, 0.25) is 5.95 Å². The lowest BCUT2D eigenvalue weighted by Crippen LogP contribution is -2.29. The zero-order valence-corrected chi connectivity index (χ0v) is 12.6. The number of nitrogens with two attached hydrogens (primary N) is 1. The van der Waals surface area contributed by atoms with E-state index in [1.807, 2.05) is 4.57 Å². The lowest BCUT2D eigenvalue weighted by atomic mass is 10.1. The first-order valence-corrected chi connectivity index (χ1v) is 7.09. The number of aryl methyl sites for hydroxylation is 2. The van der Waals surface area contributed by atoms with E-state index in [4.69, 9.17) is 5.73 Å². The summed E-state index contributed by atoms with van der Waals surface area (Å²) in [5.74, 6) is 1.07. The molecule has 0 aliphatic rings. The molecule has 21 heavy (non-hydrogen) atoms. The van der Waals surface area contributed by atoms with E-state index in [2.05, 4.69) is 29.1 Å². The number of nitrogens with one attached hydrogen (secondary N) is 2. The molecule has 4 N–H and O–H groups in total. The topological polar surface area (TPSA) is 111 Å². The molecule has 0 fully saturated rings. The fourth-order valence-corrected chi connectivity index (χ4v) is 2.16. The average Bonchev–Trinajstić information content (AvgIpc) is 2.79. The maximum absolute atomic E-state index is 12.1. The molecule has 2 aromatic heterocycles. The van der Waals surface area contributed by atoms with Gasteiger partial charge in [0.25, 0.3) is 5.56 Å². The summed E-state index contributed by atoms with van der Waals surface area (Å²) >= 11 is 0. The number of anilines is 1. The van der Waals surface area contributed by atoms with Crippen LogP contribution in [-0.4, -0.2) is 32.2 Å². The molecule has 116 valence electrons. The summed E-state index contributed by atoms with van der Waals surface area (Å²) in [5.41, 5.74) is 5.42. The van der Waals surface area contributed by atoms with Gasteiger partial charge in [0.1, 0.15) is 0 Å². The minimum absolute atomic E-state index is 0.382. The van der Waals surface area contributed by atoms with E-state index in [0.717, 1.165) is 6.42 Å². The predicted molar refractivity (Wildman–Crippen MR) is 82.6 cm³/mol. The Labute approximate surface area is 122 Å². The second kappa shape index (κ2) is 6.13. The van der Waals surface area contributed by atoms with Crippen molar-refractivity contribution in [3.05, 3.63) is 20.8 Å². The molecule has 0 saturated carbocycles. The summed E-state index contributed by atoms with van der Waals surface area (Å²) in [5, 5.41) is 3.11. The zero-order chi connectivity index (χ0) is 15.6. The van der Waals surface area contributed by atoms with Crippen molar-refractivity contribution >= 4 is 17.1 Å². The van der Waals surface area contributed by atoms with Gasteiger partial charge in [-0.15, -0.1) is 0 Å². The van der Waals surface area contributed by atoms with Crippen molar-refractivity contribution in [3.8, 4) is 0 Å². The Kier molecular flexibility index (Phi) is 4.46. The smallest absolute Gasteiger partial charge is 0.329 e. The van der Waals surface area contributed by atoms with Crippen LogP contribution in [0.25, 0.3) is 11.2 Å². The first kappa shape index (κ1) is 15.3. The van der Waals surface area contributed by atoms with E-state index < -0.39 is 11.2 Å². The number of fused-ring (bicyclic) bond motifs is 1. The van der Waals surface area contributed by atoms with Crippen LogP contribution in [0.1, 0.15) is 20.3 Å². The third-order valence-electron chi connectivity index (χ3n) is 3.36. The molecule has 2 aromatic rings. The van der Waals surface area contributed by atoms with Gasteiger partial charge < -0.3 is 15.6 Å². The molecule has 2 rings (SSSR count). The standard InChI is InChI=1S/C13H22N6O2/c1-8(2)4-7-19-9-10(16-12(19)15-6-5-14)18(3)13(21)17-11(9)20/h8H,4-7,14H2,1-3H3,(H,15,16)(H,17,20,21). The molecule has 0 amide bonds. The normalized spacial score (nSPS) is 11.5. The second-order valence-electron chi connectivity index (χ2n) is 5.48. The summed E-state index contributed by atoms with van der Waals surface area (Å²) in [7, 11) is 1.59. The van der Waals surface area contributed by atoms with E-state index in [-0.39, 0.29) is 0 Å². The Morgan fingerprint density at radius 2 is 2.10 bits per heavy atom. The number of nitrogens with zero attached hydrogens (tertiary/aromatic N) is 3. The van der Waals surface area contributed by atoms with Crippen LogP contribution in [0.4, 0.5) is 5.95 Å². The lowest BCUT2D eigenvalue weighted by molar-refractivity contribution is 0.524. The van der Waals surface area contributed by atoms with Crippen molar-refractivity contribution in [2.45, 2.75) is 26.8 Å². The van der Waals surface area contributed by atoms with Gasteiger partial charge in [0, 0.05) is 26.7 Å². The molecule has 0 aliphatic heterocycles. The summed E-state index contributed by atoms with van der Waals surface area (Å²) in [6.45, 7) is 5.90. The van der Waals surface area contributed by atoms with Crippen molar-refractivity contribution in [1.82, 2.24) is 19.1 Å². The number of hydrogen-bond acceptors (Lipinski definition) is 5. The van der Waals surface area contributed by atoms with Crippen molar-refractivity contribution in [2.24, 2.45) is 18.7 Å². The minimum Gasteiger partial charge on any atom is -0.354 e. The number of aromatic amines is 1. The molecule has 8 nitrogen and oxygen atoms in total. The molecular formula is C13H22N6O2. The summed E-state index contributed by atoms with van der Waals surface area (Å²) in [4.78, 5) is 30.5. The first-order valence-electron chi connectivity index (χ1n) is 7.09. The van der Waals surface area contributed by atoms with E-state index in [1.54, 1.807) is 7.05 Å². The highest BCUT2D eigenvalue weighted by molar-refractivity contribution is 5.74. The fraction of sp³-hybridized carbons (Fsp3) is 0.615. The molecule has 0 aliphatic carbocycles. The van der Waals surface area contributed by atoms with Crippen molar-refractivity contribution in [1.29, 1.82) is 0 Å².